The zero-order valence-corrected chi connectivity index (χ0v) is 69.9. The maximum atomic E-state index is 4.75. The molecule has 0 unspecified atom stereocenters. The van der Waals surface area contributed by atoms with E-state index in [2.05, 4.69) is 366 Å². The van der Waals surface area contributed by atoms with Gasteiger partial charge in [0.15, 0.2) is 0 Å². The van der Waals surface area contributed by atoms with E-state index >= 15 is 0 Å². The first-order valence-corrected chi connectivity index (χ1v) is 43.8. The highest BCUT2D eigenvalue weighted by Gasteiger charge is 2.22. The van der Waals surface area contributed by atoms with Gasteiger partial charge in [-0.1, -0.05) is 272 Å². The molecular weight excluding hydrogens is 1540 g/mol. The molecule has 0 radical (unpaired) electrons. The maximum absolute atomic E-state index is 4.75. The van der Waals surface area contributed by atoms with E-state index in [9.17, 15) is 0 Å². The van der Waals surface area contributed by atoms with Crippen LogP contribution in [0.1, 0.15) is 27.8 Å². The molecule has 0 saturated carbocycles. The van der Waals surface area contributed by atoms with Crippen molar-refractivity contribution in [3.8, 4) is 77.9 Å². The number of nitrogens with zero attached hydrogens (tertiary/aromatic N) is 6. The highest BCUT2D eigenvalue weighted by atomic mass is 32.1. The smallest absolute Gasteiger partial charge is 0.0971 e. The summed E-state index contributed by atoms with van der Waals surface area (Å²) in [5.41, 5.74) is 29.7. The number of fused-ring (bicyclic) bond motifs is 27. The molecule has 0 aliphatic heterocycles. The molecule has 0 fully saturated rings. The molecule has 6 aromatic heterocycles. The number of benzene rings is 19. The van der Waals surface area contributed by atoms with Crippen molar-refractivity contribution in [3.05, 3.63) is 387 Å². The number of rotatable bonds is 7. The van der Waals surface area contributed by atoms with Crippen molar-refractivity contribution < 1.29 is 0 Å². The zero-order chi connectivity index (χ0) is 81.4. The summed E-state index contributed by atoms with van der Waals surface area (Å²) >= 11 is 5.71. The topological polar surface area (TPSA) is 77.3 Å². The van der Waals surface area contributed by atoms with E-state index in [-0.39, 0.29) is 0 Å². The number of aromatic nitrogens is 6. The lowest BCUT2D eigenvalue weighted by atomic mass is 9.91. The Morgan fingerprint density at radius 3 is 0.992 bits per heavy atom. The summed E-state index contributed by atoms with van der Waals surface area (Å²) in [4.78, 5) is 28.2. The van der Waals surface area contributed by atoms with Crippen molar-refractivity contribution in [2.24, 2.45) is 0 Å². The number of hydrogen-bond donors (Lipinski definition) is 0. The molecule has 25 aromatic rings. The maximum Gasteiger partial charge on any atom is 0.0971 e. The van der Waals surface area contributed by atoms with Gasteiger partial charge in [-0.2, -0.15) is 0 Å². The second-order valence-electron chi connectivity index (χ2n) is 32.3. The third-order valence-corrected chi connectivity index (χ3v) is 28.4. The fourth-order valence-corrected chi connectivity index (χ4v) is 22.8. The lowest BCUT2D eigenvalue weighted by Crippen LogP contribution is -1.90. The first-order chi connectivity index (χ1) is 60.0. The molecule has 0 aliphatic carbocycles. The Bertz CT molecular complexity index is 8540. The van der Waals surface area contributed by atoms with Crippen LogP contribution in [0.3, 0.4) is 0 Å². The van der Waals surface area contributed by atoms with Gasteiger partial charge in [-0.15, -0.1) is 34.0 Å². The number of thiophene rings is 3. The average molecular weight is 1610 g/mol. The fraction of sp³-hybridized carbons (Fsp3) is 0.0442. The molecule has 0 atom stereocenters. The third-order valence-electron chi connectivity index (χ3n) is 24.5. The molecule has 574 valence electrons. The van der Waals surface area contributed by atoms with Crippen LogP contribution in [0.25, 0.3) is 236 Å². The van der Waals surface area contributed by atoms with E-state index in [0.29, 0.717) is 0 Å². The summed E-state index contributed by atoms with van der Waals surface area (Å²) < 4.78 is 8.12. The van der Waals surface area contributed by atoms with Gasteiger partial charge in [0.05, 0.1) is 33.1 Å². The Hall–Kier alpha value is -14.6. The molecule has 6 nitrogen and oxygen atoms in total. The predicted molar refractivity (Wildman–Crippen MR) is 524 cm³/mol. The molecule has 0 aliphatic rings. The molecular formula is C113H74N6S3. The van der Waals surface area contributed by atoms with E-state index in [1.54, 1.807) is 37.2 Å². The van der Waals surface area contributed by atoms with E-state index in [0.717, 1.165) is 65.4 Å². The lowest BCUT2D eigenvalue weighted by molar-refractivity contribution is 1.31. The van der Waals surface area contributed by atoms with Crippen molar-refractivity contribution in [2.45, 2.75) is 34.6 Å². The summed E-state index contributed by atoms with van der Waals surface area (Å²) in [6.07, 6.45) is 10.7. The van der Waals surface area contributed by atoms with Crippen LogP contribution < -0.4 is 0 Å². The minimum Gasteiger partial charge on any atom is -0.252 e. The van der Waals surface area contributed by atoms with Gasteiger partial charge >= 0.3 is 0 Å². The van der Waals surface area contributed by atoms with Crippen LogP contribution in [0, 0.1) is 34.6 Å². The standard InChI is InChI=1S/C40H24N2S.C37H26N2S.C36H24N2S/c1-2-10-25(11-3-1)28-16-8-18-34-35-19-9-17-33(40(35)43-39(28)34)29-13-5-4-12-27(29)26-20-21-32-36(24-26)30-14-6-7-15-31(30)37-38(32)42-23-22-41-37;1-21-16-23(3)36-32(18-21)33-19-22(2)17-30(37(33)40-36)25-10-8-24(9-11-25)26-12-13-29-31(20-26)27-6-4-5-7-28(27)34-35(29)39-15-14-38-34;1-21-7-14-33-31(17-21)32-19-22(2)18-29(36(32)39-33)24-10-8-23(9-11-24)25-12-13-28-30(20-25)26-5-3-4-6-27(26)34-35(28)38-16-15-37-34/h1-24H;4-20H,1-3H3;3-20H,1-2H3. The summed E-state index contributed by atoms with van der Waals surface area (Å²) in [5, 5.41) is 22.1. The van der Waals surface area contributed by atoms with Gasteiger partial charge in [0.1, 0.15) is 0 Å². The van der Waals surface area contributed by atoms with Crippen molar-refractivity contribution in [1.29, 1.82) is 0 Å². The highest BCUT2D eigenvalue weighted by molar-refractivity contribution is 7.27. The molecule has 0 saturated heterocycles. The second-order valence-corrected chi connectivity index (χ2v) is 35.3. The fourth-order valence-electron chi connectivity index (χ4n) is 19.0. The van der Waals surface area contributed by atoms with Gasteiger partial charge < -0.3 is 0 Å². The molecule has 19 aromatic carbocycles. The first-order valence-electron chi connectivity index (χ1n) is 41.4. The van der Waals surface area contributed by atoms with E-state index < -0.39 is 0 Å². The van der Waals surface area contributed by atoms with Crippen molar-refractivity contribution in [2.75, 3.05) is 0 Å². The van der Waals surface area contributed by atoms with Crippen molar-refractivity contribution in [1.82, 2.24) is 29.9 Å². The average Bonchev–Trinajstić information content (AvgIpc) is 0.803. The Labute approximate surface area is 715 Å². The molecule has 0 N–H and O–H groups in total. The van der Waals surface area contributed by atoms with Gasteiger partial charge in [0, 0.05) is 136 Å². The van der Waals surface area contributed by atoms with Crippen LogP contribution in [0.4, 0.5) is 0 Å². The molecule has 9 heteroatoms. The SMILES string of the molecule is Cc1cc(C)c2sc3c(-c4ccc(-c5ccc6c(c5)c5ccccc5c5nccnc65)cc4)cc(C)cc3c2c1.Cc1ccc2sc3c(-c4ccc(-c5ccc6c(c5)c5ccccc5c5nccnc65)cc4)cc(C)cc3c2c1.c1ccc(-c2cccc3c2sc2c(-c4ccccc4-c4ccc5c(c4)c4ccccc4c4nccnc54)cccc23)cc1. The highest BCUT2D eigenvalue weighted by Crippen LogP contribution is 2.50. The minimum atomic E-state index is 0.945. The Morgan fingerprint density at radius 2 is 0.492 bits per heavy atom. The van der Waals surface area contributed by atoms with E-state index in [1.807, 2.05) is 34.0 Å². The molecule has 0 bridgehead atoms. The summed E-state index contributed by atoms with van der Waals surface area (Å²) in [6.45, 7) is 11.0. The van der Waals surface area contributed by atoms with E-state index in [1.165, 1.54) is 199 Å². The van der Waals surface area contributed by atoms with Gasteiger partial charge in [-0.25, -0.2) is 0 Å². The Balaban J connectivity index is 0.000000106. The van der Waals surface area contributed by atoms with Crippen LogP contribution in [0.2, 0.25) is 0 Å². The van der Waals surface area contributed by atoms with Crippen LogP contribution in [-0.2, 0) is 0 Å². The largest absolute Gasteiger partial charge is 0.252 e. The lowest BCUT2D eigenvalue weighted by Gasteiger charge is -2.14. The summed E-state index contributed by atoms with van der Waals surface area (Å²) in [7, 11) is 0. The summed E-state index contributed by atoms with van der Waals surface area (Å²) in [5.74, 6) is 0. The normalized spacial score (nSPS) is 11.8. The van der Waals surface area contributed by atoms with Crippen LogP contribution in [-0.4, -0.2) is 29.9 Å². The van der Waals surface area contributed by atoms with Crippen LogP contribution >= 0.6 is 34.0 Å². The quantitative estimate of drug-likeness (QED) is 0.148. The molecule has 6 heterocycles. The molecule has 0 spiro atoms. The monoisotopic (exact) mass is 1610 g/mol. The first kappa shape index (κ1) is 72.6. The molecule has 0 amide bonds. The Morgan fingerprint density at radius 1 is 0.164 bits per heavy atom. The number of hydrogen-bond acceptors (Lipinski definition) is 9. The van der Waals surface area contributed by atoms with Gasteiger partial charge in [-0.3, -0.25) is 29.9 Å². The number of aryl methyl sites for hydroxylation is 5. The van der Waals surface area contributed by atoms with Gasteiger partial charge in [0.25, 0.3) is 0 Å². The van der Waals surface area contributed by atoms with Crippen molar-refractivity contribution >= 4 is 192 Å². The third kappa shape index (κ3) is 12.2. The predicted octanol–water partition coefficient (Wildman–Crippen LogP) is 32.1. The molecule has 25 rings (SSSR count). The van der Waals surface area contributed by atoms with Crippen LogP contribution in [0.15, 0.2) is 359 Å². The van der Waals surface area contributed by atoms with Crippen molar-refractivity contribution in [3.63, 3.8) is 0 Å². The second kappa shape index (κ2) is 29.4. The summed E-state index contributed by atoms with van der Waals surface area (Å²) in [6, 6.07) is 118. The van der Waals surface area contributed by atoms with Gasteiger partial charge in [0.2, 0.25) is 0 Å². The van der Waals surface area contributed by atoms with Crippen LogP contribution in [0.5, 0.6) is 0 Å². The van der Waals surface area contributed by atoms with Gasteiger partial charge in [-0.05, 0) is 217 Å². The Kier molecular flexibility index (Phi) is 17.5. The molecule has 122 heavy (non-hydrogen) atoms. The minimum absolute atomic E-state index is 0.945. The zero-order valence-electron chi connectivity index (χ0n) is 67.5. The van der Waals surface area contributed by atoms with E-state index in [4.69, 9.17) is 19.9 Å².